The van der Waals surface area contributed by atoms with E-state index in [1.54, 1.807) is 12.1 Å². The van der Waals surface area contributed by atoms with Gasteiger partial charge in [0.2, 0.25) is 0 Å². The molecule has 6 heteroatoms. The number of benzene rings is 2. The molecule has 6 nitrogen and oxygen atoms in total. The summed E-state index contributed by atoms with van der Waals surface area (Å²) in [5.74, 6) is -1.55. The van der Waals surface area contributed by atoms with Crippen molar-refractivity contribution in [1.82, 2.24) is 0 Å². The Labute approximate surface area is 183 Å². The predicted octanol–water partition coefficient (Wildman–Crippen LogP) is 4.91. The zero-order valence-corrected chi connectivity index (χ0v) is 16.8. The Morgan fingerprint density at radius 3 is 1.28 bits per heavy atom. The molecule has 0 aliphatic heterocycles. The maximum atomic E-state index is 12.9. The highest BCUT2D eigenvalue weighted by molar-refractivity contribution is 5.90. The molecule has 0 fully saturated rings. The van der Waals surface area contributed by atoms with Crippen molar-refractivity contribution in [3.05, 3.63) is 119 Å². The van der Waals surface area contributed by atoms with Gasteiger partial charge in [0, 0.05) is 0 Å². The maximum Gasteiger partial charge on any atom is 0.341 e. The molecule has 3 aliphatic rings. The van der Waals surface area contributed by atoms with Crippen LogP contribution < -0.4 is 0 Å². The minimum atomic E-state index is -0.692. The first-order valence-electron chi connectivity index (χ1n) is 10.4. The van der Waals surface area contributed by atoms with Gasteiger partial charge in [-0.25, -0.2) is 9.59 Å². The zero-order valence-electron chi connectivity index (χ0n) is 16.8. The van der Waals surface area contributed by atoms with Gasteiger partial charge in [-0.05, 0) is 34.4 Å². The van der Waals surface area contributed by atoms with Gasteiger partial charge in [-0.3, -0.25) is 0 Å². The topological polar surface area (TPSA) is 78.9 Å². The lowest BCUT2D eigenvalue weighted by molar-refractivity contribution is -0.0558. The monoisotopic (exact) mass is 426 g/mol. The van der Waals surface area contributed by atoms with E-state index in [0.717, 1.165) is 22.3 Å². The smallest absolute Gasteiger partial charge is 0.341 e. The number of carbonyl (C=O) groups is 2. The Balaban J connectivity index is 1.47. The van der Waals surface area contributed by atoms with Crippen LogP contribution in [-0.4, -0.2) is 24.1 Å². The van der Waals surface area contributed by atoms with Gasteiger partial charge in [-0.15, -0.1) is 0 Å². The first-order valence-corrected chi connectivity index (χ1v) is 10.4. The predicted molar refractivity (Wildman–Crippen MR) is 112 cm³/mol. The van der Waals surface area contributed by atoms with Crippen LogP contribution in [0.25, 0.3) is 0 Å². The number of hydrogen-bond acceptors (Lipinski definition) is 6. The molecule has 0 saturated heterocycles. The summed E-state index contributed by atoms with van der Waals surface area (Å²) in [4.78, 5) is 25.8. The van der Waals surface area contributed by atoms with Crippen molar-refractivity contribution >= 4 is 11.9 Å². The highest BCUT2D eigenvalue weighted by atomic mass is 16.6. The van der Waals surface area contributed by atoms with Crippen molar-refractivity contribution in [2.75, 3.05) is 0 Å². The molecule has 0 saturated carbocycles. The van der Waals surface area contributed by atoms with Gasteiger partial charge in [0.25, 0.3) is 0 Å². The lowest BCUT2D eigenvalue weighted by Gasteiger charge is -2.48. The molecule has 2 bridgehead atoms. The fourth-order valence-electron chi connectivity index (χ4n) is 4.99. The van der Waals surface area contributed by atoms with Gasteiger partial charge in [0.15, 0.2) is 12.2 Å². The van der Waals surface area contributed by atoms with E-state index in [4.69, 9.17) is 18.3 Å². The van der Waals surface area contributed by atoms with Gasteiger partial charge in [0.1, 0.15) is 12.5 Å². The van der Waals surface area contributed by atoms with Crippen LogP contribution in [0.5, 0.6) is 0 Å². The van der Waals surface area contributed by atoms with Crippen LogP contribution >= 0.6 is 0 Å². The molecule has 32 heavy (non-hydrogen) atoms. The second kappa shape index (κ2) is 7.27. The summed E-state index contributed by atoms with van der Waals surface area (Å²) in [5, 5.41) is 0. The summed E-state index contributed by atoms with van der Waals surface area (Å²) in [6, 6.07) is 19.2. The van der Waals surface area contributed by atoms with E-state index in [1.165, 1.54) is 25.1 Å². The summed E-state index contributed by atoms with van der Waals surface area (Å²) >= 11 is 0. The van der Waals surface area contributed by atoms with E-state index in [0.29, 0.717) is 11.1 Å². The van der Waals surface area contributed by atoms with Gasteiger partial charge in [-0.1, -0.05) is 48.5 Å². The van der Waals surface area contributed by atoms with Crippen molar-refractivity contribution in [3.8, 4) is 0 Å². The van der Waals surface area contributed by atoms with E-state index in [1.807, 2.05) is 24.3 Å². The quantitative estimate of drug-likeness (QED) is 0.431. The van der Waals surface area contributed by atoms with E-state index in [2.05, 4.69) is 24.3 Å². The number of furan rings is 2. The number of hydrogen-bond donors (Lipinski definition) is 0. The third-order valence-corrected chi connectivity index (χ3v) is 6.31. The minimum Gasteiger partial charge on any atom is -0.472 e. The van der Waals surface area contributed by atoms with Gasteiger partial charge >= 0.3 is 11.9 Å². The Morgan fingerprint density at radius 2 is 0.969 bits per heavy atom. The highest BCUT2D eigenvalue weighted by Gasteiger charge is 2.53. The van der Waals surface area contributed by atoms with Crippen LogP contribution in [-0.2, 0) is 9.47 Å². The maximum absolute atomic E-state index is 12.9. The number of ether oxygens (including phenoxy) is 2. The molecular formula is C26H18O6. The summed E-state index contributed by atoms with van der Waals surface area (Å²) in [5.41, 5.74) is 4.95. The Morgan fingerprint density at radius 1 is 0.594 bits per heavy atom. The van der Waals surface area contributed by atoms with Crippen molar-refractivity contribution in [3.63, 3.8) is 0 Å². The van der Waals surface area contributed by atoms with Crippen molar-refractivity contribution in [1.29, 1.82) is 0 Å². The van der Waals surface area contributed by atoms with E-state index in [9.17, 15) is 9.59 Å². The summed E-state index contributed by atoms with van der Waals surface area (Å²) in [7, 11) is 0. The molecule has 2 aromatic heterocycles. The second-order valence-corrected chi connectivity index (χ2v) is 7.98. The number of fused-ring (bicyclic) bond motifs is 1. The largest absolute Gasteiger partial charge is 0.472 e. The van der Waals surface area contributed by atoms with E-state index in [-0.39, 0.29) is 11.8 Å². The minimum absolute atomic E-state index is 0.259. The van der Waals surface area contributed by atoms with Crippen LogP contribution in [0.1, 0.15) is 54.8 Å². The molecule has 2 aromatic carbocycles. The molecule has 0 amide bonds. The molecule has 3 aliphatic carbocycles. The van der Waals surface area contributed by atoms with Crippen LogP contribution in [0.4, 0.5) is 0 Å². The lowest BCUT2D eigenvalue weighted by atomic mass is 9.61. The van der Waals surface area contributed by atoms with Crippen LogP contribution in [0.15, 0.2) is 94.6 Å². The number of rotatable bonds is 4. The molecule has 4 aromatic rings. The fourth-order valence-corrected chi connectivity index (χ4v) is 4.99. The number of carbonyl (C=O) groups excluding carboxylic acids is 2. The zero-order chi connectivity index (χ0) is 21.7. The summed E-state index contributed by atoms with van der Waals surface area (Å²) in [6.07, 6.45) is 4.15. The van der Waals surface area contributed by atoms with Crippen molar-refractivity contribution in [2.45, 2.75) is 24.0 Å². The van der Waals surface area contributed by atoms with Crippen molar-refractivity contribution in [2.24, 2.45) is 0 Å². The molecule has 0 N–H and O–H groups in total. The third kappa shape index (κ3) is 2.80. The summed E-state index contributed by atoms with van der Waals surface area (Å²) < 4.78 is 22.1. The Bertz CT molecular complexity index is 1140. The number of esters is 2. The van der Waals surface area contributed by atoms with Crippen LogP contribution in [0.2, 0.25) is 0 Å². The SMILES string of the molecule is O=C(OC1C2c3ccccc3C(c3ccccc32)C1OC(=O)c1ccoc1)c1ccoc1. The van der Waals surface area contributed by atoms with Crippen LogP contribution in [0.3, 0.4) is 0 Å². The average Bonchev–Trinajstić information content (AvgIpc) is 3.55. The Hall–Kier alpha value is -4.06. The van der Waals surface area contributed by atoms with Crippen LogP contribution in [0, 0.1) is 0 Å². The second-order valence-electron chi connectivity index (χ2n) is 7.98. The summed E-state index contributed by atoms with van der Waals surface area (Å²) in [6.45, 7) is 0. The molecule has 0 radical (unpaired) electrons. The average molecular weight is 426 g/mol. The lowest BCUT2D eigenvalue weighted by Crippen LogP contribution is -2.51. The van der Waals surface area contributed by atoms with Gasteiger partial charge in [-0.2, -0.15) is 0 Å². The van der Waals surface area contributed by atoms with E-state index < -0.39 is 24.1 Å². The normalized spacial score (nSPS) is 22.6. The molecule has 158 valence electrons. The molecule has 2 heterocycles. The van der Waals surface area contributed by atoms with Crippen molar-refractivity contribution < 1.29 is 27.9 Å². The molecule has 7 rings (SSSR count). The third-order valence-electron chi connectivity index (χ3n) is 6.31. The fraction of sp³-hybridized carbons (Fsp3) is 0.154. The van der Waals surface area contributed by atoms with Gasteiger partial charge in [0.05, 0.1) is 35.5 Å². The Kier molecular flexibility index (Phi) is 4.24. The van der Waals surface area contributed by atoms with E-state index >= 15 is 0 Å². The molecule has 2 atom stereocenters. The molecular weight excluding hydrogens is 408 g/mol. The first kappa shape index (κ1) is 18.7. The first-order chi connectivity index (χ1) is 15.7. The molecule has 2 unspecified atom stereocenters. The molecule has 0 spiro atoms. The standard InChI is InChI=1S/C26H18O6/c27-25(15-9-11-29-13-15)31-23-21-17-5-1-2-6-18(17)22(20-8-4-3-7-19(20)21)24(23)32-26(28)16-10-12-30-14-16/h1-14,21-24H. The highest BCUT2D eigenvalue weighted by Crippen LogP contribution is 2.54. The van der Waals surface area contributed by atoms with Gasteiger partial charge < -0.3 is 18.3 Å².